The summed E-state index contributed by atoms with van der Waals surface area (Å²) in [4.78, 5) is 33.3. The zero-order chi connectivity index (χ0) is 18.2. The first-order valence-corrected chi connectivity index (χ1v) is 7.14. The van der Waals surface area contributed by atoms with E-state index in [1.165, 1.54) is 0 Å². The molecule has 0 bridgehead atoms. The minimum absolute atomic E-state index is 0.218. The lowest BCUT2D eigenvalue weighted by molar-refractivity contribution is -0.385. The van der Waals surface area contributed by atoms with Crippen molar-refractivity contribution in [3.63, 3.8) is 0 Å². The minimum Gasteiger partial charge on any atom is -0.477 e. The molecule has 0 aliphatic carbocycles. The molecule has 0 spiro atoms. The number of carbonyl (C=O) groups excluding carboxylic acids is 2. The van der Waals surface area contributed by atoms with Crippen molar-refractivity contribution in [2.75, 3.05) is 6.61 Å². The van der Waals surface area contributed by atoms with Gasteiger partial charge in [0.15, 0.2) is 6.61 Å². The van der Waals surface area contributed by atoms with Crippen molar-refractivity contribution >= 4 is 17.6 Å². The Bertz CT molecular complexity index is 783. The Morgan fingerprint density at radius 3 is 2.56 bits per heavy atom. The normalized spacial score (nSPS) is 9.96. The molecule has 130 valence electrons. The maximum Gasteiger partial charge on any atom is 0.321 e. The molecule has 0 aliphatic heterocycles. The fourth-order valence-electron chi connectivity index (χ4n) is 1.88. The predicted molar refractivity (Wildman–Crippen MR) is 85.4 cm³/mol. The first-order chi connectivity index (χ1) is 12.0. The fourth-order valence-corrected chi connectivity index (χ4v) is 1.88. The predicted octanol–water partition coefficient (Wildman–Crippen LogP) is 2.14. The topological polar surface area (TPSA) is 111 Å². The third kappa shape index (κ3) is 5.57. The molecule has 8 nitrogen and oxygen atoms in total. The summed E-state index contributed by atoms with van der Waals surface area (Å²) in [7, 11) is 0. The molecule has 0 fully saturated rings. The smallest absolute Gasteiger partial charge is 0.321 e. The zero-order valence-corrected chi connectivity index (χ0v) is 12.9. The van der Waals surface area contributed by atoms with Crippen LogP contribution in [0.25, 0.3) is 0 Å². The van der Waals surface area contributed by atoms with E-state index in [0.717, 1.165) is 23.8 Å². The van der Waals surface area contributed by atoms with E-state index < -0.39 is 40.7 Å². The number of nitro groups is 1. The summed E-state index contributed by atoms with van der Waals surface area (Å²) in [5.41, 5.74) is 0.361. The summed E-state index contributed by atoms with van der Waals surface area (Å²) in [6.45, 7) is -0.459. The molecule has 0 radical (unpaired) electrons. The number of halogens is 1. The standard InChI is InChI=1S/C16H14FN3O5/c17-12-6-7-13(20(23)24)14(8-12)25-10-15(21)19-16(22)18-9-11-4-2-1-3-5-11/h1-8H,9-10H2,(H2,18,19,21,22). The van der Waals surface area contributed by atoms with Gasteiger partial charge in [-0.3, -0.25) is 20.2 Å². The van der Waals surface area contributed by atoms with Gasteiger partial charge in [-0.05, 0) is 11.6 Å². The van der Waals surface area contributed by atoms with E-state index in [2.05, 4.69) is 5.32 Å². The number of nitrogens with zero attached hydrogens (tertiary/aromatic N) is 1. The van der Waals surface area contributed by atoms with Gasteiger partial charge in [-0.1, -0.05) is 30.3 Å². The highest BCUT2D eigenvalue weighted by Crippen LogP contribution is 2.27. The van der Waals surface area contributed by atoms with Crippen LogP contribution >= 0.6 is 0 Å². The van der Waals surface area contributed by atoms with Gasteiger partial charge >= 0.3 is 11.7 Å². The largest absolute Gasteiger partial charge is 0.477 e. The Hall–Kier alpha value is -3.49. The van der Waals surface area contributed by atoms with Crippen LogP contribution in [0.1, 0.15) is 5.56 Å². The van der Waals surface area contributed by atoms with Crippen LogP contribution in [0, 0.1) is 15.9 Å². The summed E-state index contributed by atoms with van der Waals surface area (Å²) >= 11 is 0. The van der Waals surface area contributed by atoms with Crippen molar-refractivity contribution in [2.24, 2.45) is 0 Å². The highest BCUT2D eigenvalue weighted by atomic mass is 19.1. The van der Waals surface area contributed by atoms with E-state index in [1.807, 2.05) is 11.4 Å². The van der Waals surface area contributed by atoms with Gasteiger partial charge < -0.3 is 10.1 Å². The van der Waals surface area contributed by atoms with Crippen molar-refractivity contribution in [1.29, 1.82) is 0 Å². The van der Waals surface area contributed by atoms with E-state index in [4.69, 9.17) is 4.74 Å². The molecule has 0 aliphatic rings. The van der Waals surface area contributed by atoms with Gasteiger partial charge in [0, 0.05) is 18.7 Å². The molecule has 2 aromatic rings. The van der Waals surface area contributed by atoms with Crippen molar-refractivity contribution in [3.05, 3.63) is 70.0 Å². The number of ether oxygens (including phenoxy) is 1. The average molecular weight is 347 g/mol. The van der Waals surface area contributed by atoms with Crippen molar-refractivity contribution in [1.82, 2.24) is 10.6 Å². The molecule has 3 amide bonds. The number of carbonyl (C=O) groups is 2. The second-order valence-electron chi connectivity index (χ2n) is 4.87. The lowest BCUT2D eigenvalue weighted by Gasteiger charge is -2.08. The monoisotopic (exact) mass is 347 g/mol. The molecule has 0 aromatic heterocycles. The molecule has 2 aromatic carbocycles. The number of hydrogen-bond acceptors (Lipinski definition) is 5. The van der Waals surface area contributed by atoms with Gasteiger partial charge in [0.1, 0.15) is 5.82 Å². The van der Waals surface area contributed by atoms with E-state index in [9.17, 15) is 24.1 Å². The van der Waals surface area contributed by atoms with Crippen molar-refractivity contribution in [2.45, 2.75) is 6.54 Å². The Morgan fingerprint density at radius 1 is 1.16 bits per heavy atom. The van der Waals surface area contributed by atoms with Gasteiger partial charge in [-0.15, -0.1) is 0 Å². The maximum absolute atomic E-state index is 13.1. The third-order valence-corrected chi connectivity index (χ3v) is 3.03. The second-order valence-corrected chi connectivity index (χ2v) is 4.87. The number of rotatable bonds is 6. The molecule has 2 rings (SSSR count). The molecule has 2 N–H and O–H groups in total. The first kappa shape index (κ1) is 17.9. The van der Waals surface area contributed by atoms with Crippen LogP contribution in [0.5, 0.6) is 5.75 Å². The van der Waals surface area contributed by atoms with Crippen LogP contribution in [0.4, 0.5) is 14.9 Å². The number of benzene rings is 2. The summed E-state index contributed by atoms with van der Waals surface area (Å²) < 4.78 is 18.1. The van der Waals surface area contributed by atoms with E-state index in [-0.39, 0.29) is 6.54 Å². The Labute approximate surface area is 141 Å². The van der Waals surface area contributed by atoms with Crippen LogP contribution in [0.2, 0.25) is 0 Å². The molecule has 0 heterocycles. The Kier molecular flexibility index (Phi) is 5.99. The number of nitro benzene ring substituents is 1. The summed E-state index contributed by atoms with van der Waals surface area (Å²) in [5.74, 6) is -1.98. The second kappa shape index (κ2) is 8.39. The van der Waals surface area contributed by atoms with Gasteiger partial charge in [-0.25, -0.2) is 9.18 Å². The molecule has 0 saturated carbocycles. The number of urea groups is 1. The van der Waals surface area contributed by atoms with Crippen molar-refractivity contribution < 1.29 is 23.6 Å². The van der Waals surface area contributed by atoms with Crippen LogP contribution in [0.3, 0.4) is 0 Å². The van der Waals surface area contributed by atoms with Crippen LogP contribution in [0.15, 0.2) is 48.5 Å². The molecule has 0 unspecified atom stereocenters. The van der Waals surface area contributed by atoms with E-state index in [0.29, 0.717) is 0 Å². The number of hydrogen-bond donors (Lipinski definition) is 2. The number of nitrogens with one attached hydrogen (secondary N) is 2. The van der Waals surface area contributed by atoms with Crippen LogP contribution < -0.4 is 15.4 Å². The maximum atomic E-state index is 13.1. The highest BCUT2D eigenvalue weighted by Gasteiger charge is 2.17. The summed E-state index contributed by atoms with van der Waals surface area (Å²) in [6, 6.07) is 10.9. The van der Waals surface area contributed by atoms with Crippen LogP contribution in [-0.2, 0) is 11.3 Å². The lowest BCUT2D eigenvalue weighted by atomic mass is 10.2. The minimum atomic E-state index is -0.830. The molecule has 0 atom stereocenters. The quantitative estimate of drug-likeness (QED) is 0.614. The molecule has 9 heteroatoms. The van der Waals surface area contributed by atoms with Gasteiger partial charge in [0.2, 0.25) is 5.75 Å². The van der Waals surface area contributed by atoms with Gasteiger partial charge in [-0.2, -0.15) is 0 Å². The number of amides is 3. The van der Waals surface area contributed by atoms with Gasteiger partial charge in [0.25, 0.3) is 5.91 Å². The Balaban J connectivity index is 1.83. The third-order valence-electron chi connectivity index (χ3n) is 3.03. The van der Waals surface area contributed by atoms with E-state index in [1.54, 1.807) is 24.3 Å². The SMILES string of the molecule is O=C(COc1cc(F)ccc1[N+](=O)[O-])NC(=O)NCc1ccccc1. The fraction of sp³-hybridized carbons (Fsp3) is 0.125. The molecule has 25 heavy (non-hydrogen) atoms. The summed E-state index contributed by atoms with van der Waals surface area (Å²) in [5, 5.41) is 15.3. The first-order valence-electron chi connectivity index (χ1n) is 7.14. The van der Waals surface area contributed by atoms with Gasteiger partial charge in [0.05, 0.1) is 4.92 Å². The van der Waals surface area contributed by atoms with E-state index >= 15 is 0 Å². The van der Waals surface area contributed by atoms with Crippen LogP contribution in [-0.4, -0.2) is 23.5 Å². The zero-order valence-electron chi connectivity index (χ0n) is 12.9. The molecular formula is C16H14FN3O5. The summed E-state index contributed by atoms with van der Waals surface area (Å²) in [6.07, 6.45) is 0. The van der Waals surface area contributed by atoms with Crippen molar-refractivity contribution in [3.8, 4) is 5.75 Å². The Morgan fingerprint density at radius 2 is 1.88 bits per heavy atom. The highest BCUT2D eigenvalue weighted by molar-refractivity contribution is 5.95. The lowest BCUT2D eigenvalue weighted by Crippen LogP contribution is -2.41. The molecule has 0 saturated heterocycles. The molecular weight excluding hydrogens is 333 g/mol. The number of imide groups is 1. The average Bonchev–Trinajstić information content (AvgIpc) is 2.59.